The topological polar surface area (TPSA) is 144 Å². The summed E-state index contributed by atoms with van der Waals surface area (Å²) in [7, 11) is 0. The smallest absolute Gasteiger partial charge is 0.548 e. The first-order valence-electron chi connectivity index (χ1n) is 5.34. The van der Waals surface area contributed by atoms with Crippen LogP contribution < -0.4 is 45.7 Å². The van der Waals surface area contributed by atoms with Crippen LogP contribution in [0.4, 0.5) is 0 Å². The molecule has 9 heteroatoms. The zero-order chi connectivity index (χ0) is 13.7. The third-order valence-corrected chi connectivity index (χ3v) is 2.55. The maximum atomic E-state index is 11.1. The van der Waals surface area contributed by atoms with Crippen molar-refractivity contribution in [1.82, 2.24) is 15.3 Å². The van der Waals surface area contributed by atoms with Gasteiger partial charge in [0.25, 0.3) is 0 Å². The zero-order valence-corrected chi connectivity index (χ0v) is 12.8. The molecule has 1 aromatic heterocycles. The Morgan fingerprint density at radius 3 is 2.68 bits per heavy atom. The Morgan fingerprint density at radius 2 is 2.26 bits per heavy atom. The molecule has 0 radical (unpaired) electrons. The molecular formula is C10H15N4NaO4. The van der Waals surface area contributed by atoms with Crippen LogP contribution in [0.25, 0.3) is 0 Å². The van der Waals surface area contributed by atoms with E-state index in [0.29, 0.717) is 5.69 Å². The minimum atomic E-state index is -1.43. The molecule has 0 aliphatic heterocycles. The minimum absolute atomic E-state index is 0. The summed E-state index contributed by atoms with van der Waals surface area (Å²) in [6.45, 7) is 1.49. The number of aliphatic carboxylic acids is 2. The van der Waals surface area contributed by atoms with Crippen LogP contribution in [0.15, 0.2) is 12.5 Å². The Bertz CT molecular complexity index is 412. The number of carbonyl (C=O) groups excluding carboxylic acids is 1. The van der Waals surface area contributed by atoms with Crippen molar-refractivity contribution >= 4 is 11.9 Å². The van der Waals surface area contributed by atoms with E-state index in [1.165, 1.54) is 19.4 Å². The van der Waals surface area contributed by atoms with Crippen LogP contribution >= 0.6 is 0 Å². The Labute approximate surface area is 132 Å². The molecule has 3 unspecified atom stereocenters. The van der Waals surface area contributed by atoms with Gasteiger partial charge < -0.3 is 25.7 Å². The second-order valence-corrected chi connectivity index (χ2v) is 3.97. The van der Waals surface area contributed by atoms with E-state index < -0.39 is 30.1 Å². The zero-order valence-electron chi connectivity index (χ0n) is 10.8. The minimum Gasteiger partial charge on any atom is -0.548 e. The first kappa shape index (κ1) is 18.1. The predicted molar refractivity (Wildman–Crippen MR) is 59.3 cm³/mol. The fourth-order valence-electron chi connectivity index (χ4n) is 1.46. The number of aromatic nitrogens is 2. The van der Waals surface area contributed by atoms with Gasteiger partial charge in [-0.15, -0.1) is 0 Å². The van der Waals surface area contributed by atoms with E-state index >= 15 is 0 Å². The van der Waals surface area contributed by atoms with Gasteiger partial charge in [-0.3, -0.25) is 10.1 Å². The van der Waals surface area contributed by atoms with E-state index in [-0.39, 0.29) is 36.0 Å². The number of nitrogens with zero attached hydrogens (tertiary/aromatic N) is 1. The number of aromatic amines is 1. The normalized spacial score (nSPS) is 15.1. The van der Waals surface area contributed by atoms with Gasteiger partial charge in [-0.2, -0.15) is 0 Å². The van der Waals surface area contributed by atoms with Crippen molar-refractivity contribution in [2.45, 2.75) is 31.5 Å². The molecular weight excluding hydrogens is 263 g/mol. The summed E-state index contributed by atoms with van der Waals surface area (Å²) in [5, 5.41) is 22.3. The van der Waals surface area contributed by atoms with Crippen molar-refractivity contribution in [1.29, 1.82) is 0 Å². The van der Waals surface area contributed by atoms with E-state index in [1.54, 1.807) is 0 Å². The summed E-state index contributed by atoms with van der Waals surface area (Å²) in [5.41, 5.74) is 5.97. The second kappa shape index (κ2) is 8.28. The van der Waals surface area contributed by atoms with Gasteiger partial charge in [-0.1, -0.05) is 0 Å². The SMILES string of the molecule is CC(NC(Cc1cnc[nH]1)C(=O)O)C(N)C(=O)[O-].[Na+]. The van der Waals surface area contributed by atoms with Gasteiger partial charge in [0.1, 0.15) is 6.04 Å². The molecule has 1 heterocycles. The number of hydrogen-bond donors (Lipinski definition) is 4. The molecule has 100 valence electrons. The number of rotatable bonds is 7. The average molecular weight is 278 g/mol. The molecule has 0 bridgehead atoms. The first-order chi connectivity index (χ1) is 8.41. The maximum absolute atomic E-state index is 11.1. The molecule has 0 saturated heterocycles. The fraction of sp³-hybridized carbons (Fsp3) is 0.500. The van der Waals surface area contributed by atoms with Crippen LogP contribution in [-0.2, 0) is 16.0 Å². The molecule has 1 rings (SSSR count). The number of carboxylic acids is 2. The maximum Gasteiger partial charge on any atom is 1.00 e. The fourth-order valence-corrected chi connectivity index (χ4v) is 1.46. The molecule has 0 aliphatic carbocycles. The van der Waals surface area contributed by atoms with Crippen molar-refractivity contribution in [2.24, 2.45) is 5.73 Å². The number of carbonyl (C=O) groups is 2. The third-order valence-electron chi connectivity index (χ3n) is 2.55. The molecule has 0 saturated carbocycles. The number of hydrogen-bond acceptors (Lipinski definition) is 6. The van der Waals surface area contributed by atoms with Gasteiger partial charge >= 0.3 is 35.5 Å². The summed E-state index contributed by atoms with van der Waals surface area (Å²) in [5.74, 6) is -2.53. The molecule has 0 aliphatic rings. The van der Waals surface area contributed by atoms with Crippen molar-refractivity contribution in [3.63, 3.8) is 0 Å². The van der Waals surface area contributed by atoms with Gasteiger partial charge in [0.15, 0.2) is 0 Å². The number of nitrogens with one attached hydrogen (secondary N) is 2. The van der Waals surface area contributed by atoms with Gasteiger partial charge in [0.2, 0.25) is 0 Å². The van der Waals surface area contributed by atoms with E-state index in [1.807, 2.05) is 0 Å². The standard InChI is InChI=1S/C10H16N4O4.Na/c1-5(8(11)10(17)18)14-7(9(15)16)2-6-3-12-4-13-6;/h3-5,7-8,14H,2,11H2,1H3,(H,12,13)(H,15,16)(H,17,18);/q;+1/p-1. The molecule has 0 fully saturated rings. The number of H-pyrrole nitrogens is 1. The molecule has 0 aromatic carbocycles. The molecule has 0 amide bonds. The van der Waals surface area contributed by atoms with Gasteiger partial charge in [-0.05, 0) is 6.92 Å². The Hall–Kier alpha value is -0.930. The largest absolute Gasteiger partial charge is 1.00 e. The summed E-state index contributed by atoms with van der Waals surface area (Å²) >= 11 is 0. The molecule has 8 nitrogen and oxygen atoms in total. The molecule has 0 spiro atoms. The summed E-state index contributed by atoms with van der Waals surface area (Å²) in [6, 6.07) is -2.95. The van der Waals surface area contributed by atoms with E-state index in [2.05, 4.69) is 15.3 Å². The van der Waals surface area contributed by atoms with Gasteiger partial charge in [0, 0.05) is 24.4 Å². The molecule has 5 N–H and O–H groups in total. The van der Waals surface area contributed by atoms with E-state index in [0.717, 1.165) is 0 Å². The summed E-state index contributed by atoms with van der Waals surface area (Å²) in [4.78, 5) is 28.2. The molecule has 3 atom stereocenters. The average Bonchev–Trinajstić information content (AvgIpc) is 2.79. The van der Waals surface area contributed by atoms with Crippen LogP contribution in [-0.4, -0.2) is 45.1 Å². The van der Waals surface area contributed by atoms with Gasteiger partial charge in [-0.25, -0.2) is 4.98 Å². The number of nitrogens with two attached hydrogens (primary N) is 1. The Balaban J connectivity index is 0.00000324. The number of imidazole rings is 1. The monoisotopic (exact) mass is 278 g/mol. The predicted octanol–water partition coefficient (Wildman–Crippen LogP) is -5.54. The quantitative estimate of drug-likeness (QED) is 0.364. The Kier molecular flexibility index (Phi) is 7.88. The first-order valence-corrected chi connectivity index (χ1v) is 5.34. The van der Waals surface area contributed by atoms with Crippen LogP contribution in [0.3, 0.4) is 0 Å². The van der Waals surface area contributed by atoms with Crippen LogP contribution in [0.1, 0.15) is 12.6 Å². The molecule has 19 heavy (non-hydrogen) atoms. The van der Waals surface area contributed by atoms with Crippen LogP contribution in [0.2, 0.25) is 0 Å². The third kappa shape index (κ3) is 5.70. The van der Waals surface area contributed by atoms with Crippen LogP contribution in [0.5, 0.6) is 0 Å². The molecule has 1 aromatic rings. The van der Waals surface area contributed by atoms with Crippen LogP contribution in [0, 0.1) is 0 Å². The summed E-state index contributed by atoms with van der Waals surface area (Å²) in [6.07, 6.45) is 3.09. The van der Waals surface area contributed by atoms with E-state index in [9.17, 15) is 14.7 Å². The Morgan fingerprint density at radius 1 is 1.63 bits per heavy atom. The van der Waals surface area contributed by atoms with Crippen molar-refractivity contribution < 1.29 is 49.4 Å². The van der Waals surface area contributed by atoms with Crippen molar-refractivity contribution in [3.8, 4) is 0 Å². The second-order valence-electron chi connectivity index (χ2n) is 3.97. The van der Waals surface area contributed by atoms with Gasteiger partial charge in [0.05, 0.1) is 18.3 Å². The van der Waals surface area contributed by atoms with E-state index in [4.69, 9.17) is 10.8 Å². The van der Waals surface area contributed by atoms with Crippen molar-refractivity contribution in [2.75, 3.05) is 0 Å². The number of carboxylic acid groups (broad SMARTS) is 2. The summed E-state index contributed by atoms with van der Waals surface area (Å²) < 4.78 is 0. The van der Waals surface area contributed by atoms with Crippen molar-refractivity contribution in [3.05, 3.63) is 18.2 Å².